The minimum Gasteiger partial charge on any atom is -0.363 e. The van der Waals surface area contributed by atoms with Crippen LogP contribution < -0.4 is 31.9 Å². The highest BCUT2D eigenvalue weighted by Gasteiger charge is 1.94. The van der Waals surface area contributed by atoms with Crippen LogP contribution >= 0.6 is 49.2 Å². The van der Waals surface area contributed by atoms with Gasteiger partial charge in [-0.3, -0.25) is 0 Å². The van der Waals surface area contributed by atoms with E-state index in [1.54, 1.807) is 0 Å². The van der Waals surface area contributed by atoms with Gasteiger partial charge in [-0.15, -0.1) is 24.8 Å². The number of nitrogens with one attached hydrogen (secondary N) is 6. The Bertz CT molecular complexity index is 284. The Kier molecular flexibility index (Phi) is 28.3. The third kappa shape index (κ3) is 23.9. The van der Waals surface area contributed by atoms with Crippen LogP contribution in [0.5, 0.6) is 0 Å². The first-order valence-corrected chi connectivity index (χ1v) is 9.47. The number of rotatable bonds is 14. The fourth-order valence-electron chi connectivity index (χ4n) is 1.87. The zero-order valence-electron chi connectivity index (χ0n) is 15.4. The summed E-state index contributed by atoms with van der Waals surface area (Å²) in [6.45, 7) is 11.8. The molecule has 0 unspecified atom stereocenters. The standard InChI is InChI=1S/C15H34N6S2.2ClH/c1-3-18-14(22)20-12-6-10-16-8-5-9-17-11-7-13-21-15(23)19-4-2;;/h16-17H,3-13H2,1-2H3,(H2,18,20,22)(H2,19,21,23);2*1H. The van der Waals surface area contributed by atoms with Crippen molar-refractivity contribution in [2.45, 2.75) is 33.1 Å². The van der Waals surface area contributed by atoms with Gasteiger partial charge in [0.2, 0.25) is 0 Å². The van der Waals surface area contributed by atoms with Gasteiger partial charge in [0.1, 0.15) is 0 Å². The number of halogens is 2. The van der Waals surface area contributed by atoms with E-state index in [1.807, 2.05) is 13.8 Å². The number of thiocarbonyl (C=S) groups is 2. The van der Waals surface area contributed by atoms with Gasteiger partial charge < -0.3 is 31.9 Å². The lowest BCUT2D eigenvalue weighted by Gasteiger charge is -2.10. The summed E-state index contributed by atoms with van der Waals surface area (Å²) >= 11 is 10.2. The van der Waals surface area contributed by atoms with E-state index in [9.17, 15) is 0 Å². The molecule has 0 aromatic rings. The van der Waals surface area contributed by atoms with E-state index >= 15 is 0 Å². The van der Waals surface area contributed by atoms with Crippen LogP contribution in [-0.2, 0) is 0 Å². The fourth-order valence-corrected chi connectivity index (χ4v) is 2.36. The molecule has 0 heterocycles. The predicted octanol–water partition coefficient (Wildman–Crippen LogP) is 1.15. The predicted molar refractivity (Wildman–Crippen MR) is 123 cm³/mol. The van der Waals surface area contributed by atoms with Crippen molar-refractivity contribution in [1.82, 2.24) is 31.9 Å². The van der Waals surface area contributed by atoms with Crippen LogP contribution in [0, 0.1) is 0 Å². The highest BCUT2D eigenvalue weighted by Crippen LogP contribution is 1.79. The van der Waals surface area contributed by atoms with Gasteiger partial charge in [0, 0.05) is 26.2 Å². The molecule has 0 saturated carbocycles. The molecule has 0 fully saturated rings. The lowest BCUT2D eigenvalue weighted by Crippen LogP contribution is -2.36. The van der Waals surface area contributed by atoms with Crippen LogP contribution in [0.1, 0.15) is 33.1 Å². The quantitative estimate of drug-likeness (QED) is 0.179. The lowest BCUT2D eigenvalue weighted by atomic mass is 10.3. The Labute approximate surface area is 176 Å². The molecule has 0 saturated heterocycles. The average Bonchev–Trinajstić information content (AvgIpc) is 2.52. The summed E-state index contributed by atoms with van der Waals surface area (Å²) in [5.74, 6) is 0. The van der Waals surface area contributed by atoms with Crippen LogP contribution in [0.4, 0.5) is 0 Å². The normalized spacial score (nSPS) is 9.36. The molecule has 0 bridgehead atoms. The van der Waals surface area contributed by atoms with Crippen molar-refractivity contribution >= 4 is 59.5 Å². The maximum atomic E-state index is 5.09. The average molecular weight is 436 g/mol. The molecular formula is C15H36Cl2N6S2. The van der Waals surface area contributed by atoms with E-state index in [0.29, 0.717) is 0 Å². The molecule has 0 amide bonds. The maximum Gasteiger partial charge on any atom is 0.166 e. The minimum absolute atomic E-state index is 0. The van der Waals surface area contributed by atoms with Gasteiger partial charge in [0.25, 0.3) is 0 Å². The van der Waals surface area contributed by atoms with Gasteiger partial charge in [-0.1, -0.05) is 0 Å². The lowest BCUT2D eigenvalue weighted by molar-refractivity contribution is 0.571. The van der Waals surface area contributed by atoms with E-state index in [1.165, 1.54) is 0 Å². The molecule has 0 rings (SSSR count). The van der Waals surface area contributed by atoms with Gasteiger partial charge in [0.15, 0.2) is 10.2 Å². The minimum atomic E-state index is 0. The zero-order valence-corrected chi connectivity index (χ0v) is 18.7. The monoisotopic (exact) mass is 434 g/mol. The molecule has 0 aromatic carbocycles. The molecular weight excluding hydrogens is 399 g/mol. The van der Waals surface area contributed by atoms with Crippen LogP contribution in [0.2, 0.25) is 0 Å². The van der Waals surface area contributed by atoms with Gasteiger partial charge >= 0.3 is 0 Å². The molecule has 0 aromatic heterocycles. The highest BCUT2D eigenvalue weighted by atomic mass is 35.5. The van der Waals surface area contributed by atoms with Gasteiger partial charge in [0.05, 0.1) is 0 Å². The second-order valence-electron chi connectivity index (χ2n) is 5.13. The van der Waals surface area contributed by atoms with Crippen molar-refractivity contribution in [3.05, 3.63) is 0 Å². The molecule has 0 spiro atoms. The van der Waals surface area contributed by atoms with Crippen molar-refractivity contribution in [3.63, 3.8) is 0 Å². The van der Waals surface area contributed by atoms with Crippen molar-refractivity contribution < 1.29 is 0 Å². The Morgan fingerprint density at radius 3 is 1.20 bits per heavy atom. The number of hydrogen-bond acceptors (Lipinski definition) is 4. The summed E-state index contributed by atoms with van der Waals surface area (Å²) in [6, 6.07) is 0. The van der Waals surface area contributed by atoms with Crippen LogP contribution in [0.3, 0.4) is 0 Å². The van der Waals surface area contributed by atoms with Crippen molar-refractivity contribution in [1.29, 1.82) is 0 Å². The summed E-state index contributed by atoms with van der Waals surface area (Å²) in [5, 5.41) is 20.9. The highest BCUT2D eigenvalue weighted by molar-refractivity contribution is 7.80. The first kappa shape index (κ1) is 29.6. The first-order valence-electron chi connectivity index (χ1n) is 8.65. The van der Waals surface area contributed by atoms with Crippen molar-refractivity contribution in [2.75, 3.05) is 52.4 Å². The molecule has 0 radical (unpaired) electrons. The molecule has 10 heteroatoms. The summed E-state index contributed by atoms with van der Waals surface area (Å²) in [7, 11) is 0. The summed E-state index contributed by atoms with van der Waals surface area (Å²) in [4.78, 5) is 0. The van der Waals surface area contributed by atoms with E-state index in [4.69, 9.17) is 24.4 Å². The molecule has 0 aliphatic carbocycles. The Morgan fingerprint density at radius 1 is 0.560 bits per heavy atom. The molecule has 6 nitrogen and oxygen atoms in total. The van der Waals surface area contributed by atoms with Gasteiger partial charge in [-0.25, -0.2) is 0 Å². The van der Waals surface area contributed by atoms with E-state index in [2.05, 4.69) is 31.9 Å². The zero-order chi connectivity index (χ0) is 17.2. The van der Waals surface area contributed by atoms with E-state index < -0.39 is 0 Å². The van der Waals surface area contributed by atoms with Crippen molar-refractivity contribution in [3.8, 4) is 0 Å². The summed E-state index contributed by atoms with van der Waals surface area (Å²) in [6.07, 6.45) is 3.30. The largest absolute Gasteiger partial charge is 0.363 e. The molecule has 0 aliphatic heterocycles. The first-order chi connectivity index (χ1) is 11.2. The maximum absolute atomic E-state index is 5.09. The Balaban J connectivity index is -0.00000242. The Hall–Kier alpha value is -0.120. The second-order valence-corrected chi connectivity index (χ2v) is 5.95. The molecule has 0 atom stereocenters. The fraction of sp³-hybridized carbons (Fsp3) is 0.867. The van der Waals surface area contributed by atoms with Gasteiger partial charge in [-0.2, -0.15) is 0 Å². The SMILES string of the molecule is CCNC(=S)NCCCNCCCNCCCNC(=S)NCC.Cl.Cl. The molecule has 6 N–H and O–H groups in total. The van der Waals surface area contributed by atoms with E-state index in [0.717, 1.165) is 81.8 Å². The Morgan fingerprint density at radius 2 is 0.880 bits per heavy atom. The summed E-state index contributed by atoms with van der Waals surface area (Å²) in [5.41, 5.74) is 0. The van der Waals surface area contributed by atoms with Crippen LogP contribution in [-0.4, -0.2) is 62.6 Å². The van der Waals surface area contributed by atoms with Crippen molar-refractivity contribution in [2.24, 2.45) is 0 Å². The molecule has 0 aliphatic rings. The van der Waals surface area contributed by atoms with Crippen LogP contribution in [0.25, 0.3) is 0 Å². The smallest absolute Gasteiger partial charge is 0.166 e. The van der Waals surface area contributed by atoms with Gasteiger partial charge in [-0.05, 0) is 83.7 Å². The van der Waals surface area contributed by atoms with E-state index in [-0.39, 0.29) is 24.8 Å². The third-order valence-corrected chi connectivity index (χ3v) is 3.59. The molecule has 25 heavy (non-hydrogen) atoms. The topological polar surface area (TPSA) is 72.2 Å². The van der Waals surface area contributed by atoms with Crippen LogP contribution in [0.15, 0.2) is 0 Å². The second kappa shape index (κ2) is 23.9. The third-order valence-electron chi connectivity index (χ3n) is 3.01. The summed E-state index contributed by atoms with van der Waals surface area (Å²) < 4.78 is 0. The molecule has 152 valence electrons. The number of hydrogen-bond donors (Lipinski definition) is 6.